The molecule has 1 rings (SSSR count). The SMILES string of the molecule is CC(=O)C(C)N1CCCCCC1CO. The van der Waals surface area contributed by atoms with Gasteiger partial charge < -0.3 is 5.11 Å². The lowest BCUT2D eigenvalue weighted by molar-refractivity contribution is -0.122. The van der Waals surface area contributed by atoms with E-state index in [1.54, 1.807) is 6.92 Å². The topological polar surface area (TPSA) is 40.5 Å². The summed E-state index contributed by atoms with van der Waals surface area (Å²) in [4.78, 5) is 13.5. The van der Waals surface area contributed by atoms with E-state index < -0.39 is 0 Å². The molecule has 0 radical (unpaired) electrons. The molecule has 0 aromatic rings. The van der Waals surface area contributed by atoms with Crippen LogP contribution in [0.25, 0.3) is 0 Å². The summed E-state index contributed by atoms with van der Waals surface area (Å²) in [5.74, 6) is 0.199. The first-order valence-electron chi connectivity index (χ1n) is 5.54. The van der Waals surface area contributed by atoms with Gasteiger partial charge in [0.05, 0.1) is 12.6 Å². The molecule has 0 spiro atoms. The minimum Gasteiger partial charge on any atom is -0.395 e. The zero-order chi connectivity index (χ0) is 10.6. The summed E-state index contributed by atoms with van der Waals surface area (Å²) in [6.07, 6.45) is 4.56. The molecule has 1 N–H and O–H groups in total. The lowest BCUT2D eigenvalue weighted by atomic mass is 10.1. The van der Waals surface area contributed by atoms with Crippen LogP contribution in [-0.4, -0.2) is 41.0 Å². The molecule has 0 amide bonds. The van der Waals surface area contributed by atoms with E-state index in [1.165, 1.54) is 12.8 Å². The number of ketones is 1. The first-order valence-corrected chi connectivity index (χ1v) is 5.54. The molecule has 0 aliphatic carbocycles. The fourth-order valence-electron chi connectivity index (χ4n) is 2.14. The molecule has 0 bridgehead atoms. The molecule has 3 heteroatoms. The average Bonchev–Trinajstić information content (AvgIpc) is 2.40. The first kappa shape index (κ1) is 11.7. The van der Waals surface area contributed by atoms with Crippen molar-refractivity contribution in [2.45, 2.75) is 51.6 Å². The van der Waals surface area contributed by atoms with Crippen LogP contribution in [0.5, 0.6) is 0 Å². The number of aliphatic hydroxyl groups is 1. The van der Waals surface area contributed by atoms with Gasteiger partial charge >= 0.3 is 0 Å². The van der Waals surface area contributed by atoms with E-state index in [2.05, 4.69) is 4.90 Å². The van der Waals surface area contributed by atoms with Crippen LogP contribution in [0.4, 0.5) is 0 Å². The molecule has 0 saturated carbocycles. The van der Waals surface area contributed by atoms with Gasteiger partial charge in [-0.3, -0.25) is 9.69 Å². The Bertz CT molecular complexity index is 194. The normalized spacial score (nSPS) is 26.9. The summed E-state index contributed by atoms with van der Waals surface area (Å²) < 4.78 is 0. The van der Waals surface area contributed by atoms with Gasteiger partial charge in [0.15, 0.2) is 0 Å². The quantitative estimate of drug-likeness (QED) is 0.742. The van der Waals surface area contributed by atoms with E-state index in [0.717, 1.165) is 19.4 Å². The summed E-state index contributed by atoms with van der Waals surface area (Å²) in [6, 6.07) is 0.154. The minimum atomic E-state index is -0.0368. The maximum absolute atomic E-state index is 11.3. The lowest BCUT2D eigenvalue weighted by Gasteiger charge is -2.32. The molecular weight excluding hydrogens is 178 g/mol. The molecular formula is C11H21NO2. The Kier molecular flexibility index (Phi) is 4.55. The zero-order valence-corrected chi connectivity index (χ0v) is 9.20. The molecule has 1 heterocycles. The van der Waals surface area contributed by atoms with Crippen LogP contribution in [0.3, 0.4) is 0 Å². The monoisotopic (exact) mass is 199 g/mol. The number of hydrogen-bond donors (Lipinski definition) is 1. The van der Waals surface area contributed by atoms with Crippen LogP contribution in [0, 0.1) is 0 Å². The molecule has 0 aromatic carbocycles. The van der Waals surface area contributed by atoms with Crippen molar-refractivity contribution in [2.75, 3.05) is 13.2 Å². The second kappa shape index (κ2) is 5.47. The van der Waals surface area contributed by atoms with E-state index in [9.17, 15) is 9.90 Å². The number of likely N-dealkylation sites (tertiary alicyclic amines) is 1. The second-order valence-corrected chi connectivity index (χ2v) is 4.21. The largest absolute Gasteiger partial charge is 0.395 e. The van der Waals surface area contributed by atoms with Crippen molar-refractivity contribution >= 4 is 5.78 Å². The van der Waals surface area contributed by atoms with Gasteiger partial charge in [-0.05, 0) is 33.2 Å². The van der Waals surface area contributed by atoms with E-state index in [-0.39, 0.29) is 24.5 Å². The summed E-state index contributed by atoms with van der Waals surface area (Å²) in [5, 5.41) is 9.26. The van der Waals surface area contributed by atoms with Crippen LogP contribution < -0.4 is 0 Å². The number of nitrogens with zero attached hydrogens (tertiary/aromatic N) is 1. The van der Waals surface area contributed by atoms with Crippen LogP contribution in [0.1, 0.15) is 39.5 Å². The molecule has 1 aliphatic rings. The summed E-state index contributed by atoms with van der Waals surface area (Å²) >= 11 is 0. The first-order chi connectivity index (χ1) is 6.66. The molecule has 2 unspecified atom stereocenters. The van der Waals surface area contributed by atoms with Gasteiger partial charge in [0.1, 0.15) is 5.78 Å². The zero-order valence-electron chi connectivity index (χ0n) is 9.20. The molecule has 3 nitrogen and oxygen atoms in total. The third-order valence-electron chi connectivity index (χ3n) is 3.22. The number of Topliss-reactive ketones (excluding diaryl/α,β-unsaturated/α-hetero) is 1. The Morgan fingerprint density at radius 1 is 1.50 bits per heavy atom. The van der Waals surface area contributed by atoms with E-state index >= 15 is 0 Å². The summed E-state index contributed by atoms with van der Waals surface area (Å²) in [7, 11) is 0. The second-order valence-electron chi connectivity index (χ2n) is 4.21. The highest BCUT2D eigenvalue weighted by molar-refractivity contribution is 5.81. The average molecular weight is 199 g/mol. The highest BCUT2D eigenvalue weighted by Crippen LogP contribution is 2.19. The number of aliphatic hydroxyl groups excluding tert-OH is 1. The predicted octanol–water partition coefficient (Wildman–Crippen LogP) is 1.20. The highest BCUT2D eigenvalue weighted by atomic mass is 16.3. The van der Waals surface area contributed by atoms with Gasteiger partial charge in [-0.1, -0.05) is 12.8 Å². The fraction of sp³-hybridized carbons (Fsp3) is 0.909. The smallest absolute Gasteiger partial charge is 0.146 e. The molecule has 0 aromatic heterocycles. The van der Waals surface area contributed by atoms with Crippen LogP contribution in [-0.2, 0) is 4.79 Å². The maximum Gasteiger partial charge on any atom is 0.146 e. The molecule has 82 valence electrons. The van der Waals surface area contributed by atoms with Crippen molar-refractivity contribution in [3.63, 3.8) is 0 Å². The molecule has 1 aliphatic heterocycles. The predicted molar refractivity (Wildman–Crippen MR) is 56.2 cm³/mol. The van der Waals surface area contributed by atoms with Crippen molar-refractivity contribution in [3.8, 4) is 0 Å². The molecule has 2 atom stereocenters. The number of rotatable bonds is 3. The number of hydrogen-bond acceptors (Lipinski definition) is 3. The van der Waals surface area contributed by atoms with Crippen LogP contribution >= 0.6 is 0 Å². The Hall–Kier alpha value is -0.410. The number of carbonyl (C=O) groups is 1. The minimum absolute atomic E-state index is 0.0368. The van der Waals surface area contributed by atoms with Crippen LogP contribution in [0.15, 0.2) is 0 Å². The summed E-state index contributed by atoms with van der Waals surface area (Å²) in [6.45, 7) is 4.70. The van der Waals surface area contributed by atoms with Crippen LogP contribution in [0.2, 0.25) is 0 Å². The van der Waals surface area contributed by atoms with Crippen molar-refractivity contribution in [1.29, 1.82) is 0 Å². The molecule has 1 saturated heterocycles. The summed E-state index contributed by atoms with van der Waals surface area (Å²) in [5.41, 5.74) is 0. The molecule has 14 heavy (non-hydrogen) atoms. The van der Waals surface area contributed by atoms with E-state index in [4.69, 9.17) is 0 Å². The van der Waals surface area contributed by atoms with E-state index in [0.29, 0.717) is 0 Å². The van der Waals surface area contributed by atoms with Crippen molar-refractivity contribution in [2.24, 2.45) is 0 Å². The Morgan fingerprint density at radius 2 is 2.21 bits per heavy atom. The van der Waals surface area contributed by atoms with Crippen molar-refractivity contribution in [3.05, 3.63) is 0 Å². The van der Waals surface area contributed by atoms with Gasteiger partial charge in [0, 0.05) is 6.04 Å². The Morgan fingerprint density at radius 3 is 2.79 bits per heavy atom. The standard InChI is InChI=1S/C11H21NO2/c1-9(10(2)14)12-7-5-3-4-6-11(12)8-13/h9,11,13H,3-8H2,1-2H3. The van der Waals surface area contributed by atoms with E-state index in [1.807, 2.05) is 6.92 Å². The van der Waals surface area contributed by atoms with Crippen molar-refractivity contribution in [1.82, 2.24) is 4.90 Å². The van der Waals surface area contributed by atoms with Gasteiger partial charge in [-0.2, -0.15) is 0 Å². The van der Waals surface area contributed by atoms with Gasteiger partial charge in [0.25, 0.3) is 0 Å². The number of carbonyl (C=O) groups excluding carboxylic acids is 1. The molecule has 1 fully saturated rings. The Labute approximate surface area is 86.1 Å². The van der Waals surface area contributed by atoms with Crippen molar-refractivity contribution < 1.29 is 9.90 Å². The fourth-order valence-corrected chi connectivity index (χ4v) is 2.14. The lowest BCUT2D eigenvalue weighted by Crippen LogP contribution is -2.46. The maximum atomic E-state index is 11.3. The third kappa shape index (κ3) is 2.79. The third-order valence-corrected chi connectivity index (χ3v) is 3.22. The van der Waals surface area contributed by atoms with Gasteiger partial charge in [0.2, 0.25) is 0 Å². The highest BCUT2D eigenvalue weighted by Gasteiger charge is 2.26. The van der Waals surface area contributed by atoms with Gasteiger partial charge in [-0.25, -0.2) is 0 Å². The van der Waals surface area contributed by atoms with Gasteiger partial charge in [-0.15, -0.1) is 0 Å². The Balaban J connectivity index is 2.64.